The zero-order valence-corrected chi connectivity index (χ0v) is 13.7. The molecule has 7 nitrogen and oxygen atoms in total. The number of hydrogen-bond donors (Lipinski definition) is 2. The van der Waals surface area contributed by atoms with Crippen molar-refractivity contribution < 1.29 is 17.9 Å². The topological polar surface area (TPSA) is 79.9 Å². The summed E-state index contributed by atoms with van der Waals surface area (Å²) in [5.41, 5.74) is -0.516. The molecule has 0 radical (unpaired) electrons. The molecule has 0 aromatic carbocycles. The Labute approximate surface area is 127 Å². The van der Waals surface area contributed by atoms with Gasteiger partial charge in [-0.1, -0.05) is 0 Å². The van der Waals surface area contributed by atoms with Crippen LogP contribution in [0.25, 0.3) is 0 Å². The number of methoxy groups -OCH3 is 1. The third-order valence-electron chi connectivity index (χ3n) is 4.48. The van der Waals surface area contributed by atoms with Crippen molar-refractivity contribution in [3.05, 3.63) is 0 Å². The van der Waals surface area contributed by atoms with E-state index in [0.717, 1.165) is 25.8 Å². The summed E-state index contributed by atoms with van der Waals surface area (Å²) in [6.07, 6.45) is 2.52. The Morgan fingerprint density at radius 3 is 2.62 bits per heavy atom. The van der Waals surface area contributed by atoms with Crippen LogP contribution in [0, 0.1) is 5.92 Å². The molecule has 0 amide bonds. The van der Waals surface area contributed by atoms with E-state index >= 15 is 0 Å². The van der Waals surface area contributed by atoms with E-state index in [0.29, 0.717) is 32.2 Å². The van der Waals surface area contributed by atoms with Crippen molar-refractivity contribution in [2.45, 2.75) is 24.9 Å². The van der Waals surface area contributed by atoms with E-state index < -0.39 is 15.8 Å². The van der Waals surface area contributed by atoms with E-state index in [2.05, 4.69) is 10.0 Å². The van der Waals surface area contributed by atoms with Gasteiger partial charge in [-0.25, -0.2) is 0 Å². The monoisotopic (exact) mass is 321 g/mol. The average Bonchev–Trinajstić information content (AvgIpc) is 2.96. The molecule has 1 atom stereocenters. The summed E-state index contributed by atoms with van der Waals surface area (Å²) in [6.45, 7) is 3.44. The normalized spacial score (nSPS) is 29.0. The third kappa shape index (κ3) is 4.37. The second-order valence-corrected chi connectivity index (χ2v) is 7.67. The van der Waals surface area contributed by atoms with Crippen LogP contribution in [-0.2, 0) is 19.7 Å². The second-order valence-electron chi connectivity index (χ2n) is 5.92. The van der Waals surface area contributed by atoms with E-state index in [1.54, 1.807) is 11.4 Å². The Kier molecular flexibility index (Phi) is 5.98. The predicted octanol–water partition coefficient (Wildman–Crippen LogP) is -0.442. The molecule has 0 bridgehead atoms. The summed E-state index contributed by atoms with van der Waals surface area (Å²) in [5, 5.41) is 3.15. The molecule has 2 N–H and O–H groups in total. The molecule has 0 aromatic heterocycles. The molecule has 8 heteroatoms. The van der Waals surface area contributed by atoms with E-state index in [1.165, 1.54) is 0 Å². The Balaban J connectivity index is 1.85. The summed E-state index contributed by atoms with van der Waals surface area (Å²) in [7, 11) is 0.102. The van der Waals surface area contributed by atoms with Crippen LogP contribution in [0.5, 0.6) is 0 Å². The van der Waals surface area contributed by atoms with Gasteiger partial charge in [-0.3, -0.25) is 0 Å². The lowest BCUT2D eigenvalue weighted by Crippen LogP contribution is -2.51. The minimum atomic E-state index is -3.43. The van der Waals surface area contributed by atoms with Crippen molar-refractivity contribution >= 4 is 10.2 Å². The van der Waals surface area contributed by atoms with E-state index in [9.17, 15) is 8.42 Å². The van der Waals surface area contributed by atoms with Crippen molar-refractivity contribution in [2.24, 2.45) is 5.92 Å². The van der Waals surface area contributed by atoms with Crippen LogP contribution < -0.4 is 10.0 Å². The molecular weight excluding hydrogens is 294 g/mol. The molecule has 21 heavy (non-hydrogen) atoms. The van der Waals surface area contributed by atoms with Crippen LogP contribution >= 0.6 is 0 Å². The van der Waals surface area contributed by atoms with Crippen molar-refractivity contribution in [1.82, 2.24) is 14.3 Å². The average molecular weight is 321 g/mol. The van der Waals surface area contributed by atoms with E-state index in [1.807, 2.05) is 7.05 Å². The van der Waals surface area contributed by atoms with Crippen LogP contribution in [0.4, 0.5) is 0 Å². The SMILES string of the molecule is CNCC1CCN(S(=O)(=O)NCC2(OC)CCOC2)CC1. The molecule has 1 unspecified atom stereocenters. The Bertz CT molecular complexity index is 415. The molecule has 0 spiro atoms. The van der Waals surface area contributed by atoms with Crippen LogP contribution in [0.3, 0.4) is 0 Å². The first-order chi connectivity index (χ1) is 10.0. The molecule has 124 valence electrons. The van der Waals surface area contributed by atoms with Gasteiger partial charge in [0.05, 0.1) is 6.61 Å². The van der Waals surface area contributed by atoms with Gasteiger partial charge in [0.1, 0.15) is 5.60 Å². The van der Waals surface area contributed by atoms with Crippen molar-refractivity contribution in [3.8, 4) is 0 Å². The maximum atomic E-state index is 12.4. The number of nitrogens with zero attached hydrogens (tertiary/aromatic N) is 1. The van der Waals surface area contributed by atoms with Crippen LogP contribution in [0.1, 0.15) is 19.3 Å². The molecule has 2 heterocycles. The maximum absolute atomic E-state index is 12.4. The molecule has 2 aliphatic heterocycles. The number of rotatable bonds is 7. The molecule has 2 fully saturated rings. The molecule has 2 aliphatic rings. The van der Waals surface area contributed by atoms with Gasteiger partial charge >= 0.3 is 0 Å². The van der Waals surface area contributed by atoms with Crippen LogP contribution in [-0.4, -0.2) is 71.9 Å². The molecular formula is C13H27N3O4S. The van der Waals surface area contributed by atoms with Gasteiger partial charge in [0, 0.05) is 39.8 Å². The maximum Gasteiger partial charge on any atom is 0.279 e. The minimum absolute atomic E-state index is 0.266. The first kappa shape index (κ1) is 17.1. The summed E-state index contributed by atoms with van der Waals surface area (Å²) in [6, 6.07) is 0. The number of piperidine rings is 1. The Morgan fingerprint density at radius 2 is 2.10 bits per heavy atom. The number of nitrogens with one attached hydrogen (secondary N) is 2. The quantitative estimate of drug-likeness (QED) is 0.664. The van der Waals surface area contributed by atoms with Crippen molar-refractivity contribution in [1.29, 1.82) is 0 Å². The van der Waals surface area contributed by atoms with E-state index in [-0.39, 0.29) is 6.54 Å². The highest BCUT2D eigenvalue weighted by atomic mass is 32.2. The molecule has 0 saturated carbocycles. The standard InChI is InChI=1S/C13H27N3O4S/c1-14-9-12-3-6-16(7-4-12)21(17,18)15-10-13(19-2)5-8-20-11-13/h12,14-15H,3-11H2,1-2H3. The number of ether oxygens (including phenoxy) is 2. The summed E-state index contributed by atoms with van der Waals surface area (Å²) in [5.74, 6) is 0.565. The first-order valence-electron chi connectivity index (χ1n) is 7.53. The van der Waals surface area contributed by atoms with Gasteiger partial charge in [-0.2, -0.15) is 17.4 Å². The summed E-state index contributed by atoms with van der Waals surface area (Å²) >= 11 is 0. The highest BCUT2D eigenvalue weighted by Crippen LogP contribution is 2.23. The largest absolute Gasteiger partial charge is 0.378 e. The smallest absolute Gasteiger partial charge is 0.279 e. The lowest BCUT2D eigenvalue weighted by molar-refractivity contribution is -0.0123. The first-order valence-corrected chi connectivity index (χ1v) is 8.97. The fourth-order valence-corrected chi connectivity index (χ4v) is 4.24. The van der Waals surface area contributed by atoms with Gasteiger partial charge in [-0.05, 0) is 32.4 Å². The minimum Gasteiger partial charge on any atom is -0.378 e. The highest BCUT2D eigenvalue weighted by molar-refractivity contribution is 7.87. The van der Waals surface area contributed by atoms with Crippen molar-refractivity contribution in [3.63, 3.8) is 0 Å². The zero-order valence-electron chi connectivity index (χ0n) is 12.9. The zero-order chi connectivity index (χ0) is 15.3. The highest BCUT2D eigenvalue weighted by Gasteiger charge is 2.37. The Hall–Kier alpha value is -0.250. The van der Waals surface area contributed by atoms with E-state index in [4.69, 9.17) is 9.47 Å². The van der Waals surface area contributed by atoms with Gasteiger partial charge in [0.2, 0.25) is 0 Å². The fraction of sp³-hybridized carbons (Fsp3) is 1.00. The summed E-state index contributed by atoms with van der Waals surface area (Å²) < 4.78 is 39.7. The molecule has 0 aliphatic carbocycles. The summed E-state index contributed by atoms with van der Waals surface area (Å²) in [4.78, 5) is 0. The fourth-order valence-electron chi connectivity index (χ4n) is 2.92. The lowest BCUT2D eigenvalue weighted by Gasteiger charge is -2.32. The van der Waals surface area contributed by atoms with Gasteiger partial charge in [-0.15, -0.1) is 0 Å². The molecule has 2 saturated heterocycles. The van der Waals surface area contributed by atoms with Crippen LogP contribution in [0.15, 0.2) is 0 Å². The van der Waals surface area contributed by atoms with Crippen LogP contribution in [0.2, 0.25) is 0 Å². The molecule has 2 rings (SSSR count). The van der Waals surface area contributed by atoms with Gasteiger partial charge in [0.25, 0.3) is 10.2 Å². The number of hydrogen-bond acceptors (Lipinski definition) is 5. The Morgan fingerprint density at radius 1 is 1.38 bits per heavy atom. The molecule has 0 aromatic rings. The van der Waals surface area contributed by atoms with Gasteiger partial charge in [0.15, 0.2) is 0 Å². The van der Waals surface area contributed by atoms with Crippen molar-refractivity contribution in [2.75, 3.05) is 53.6 Å². The third-order valence-corrected chi connectivity index (χ3v) is 6.04. The second kappa shape index (κ2) is 7.34. The predicted molar refractivity (Wildman–Crippen MR) is 80.3 cm³/mol. The lowest BCUT2D eigenvalue weighted by atomic mass is 9.98. The van der Waals surface area contributed by atoms with Gasteiger partial charge < -0.3 is 14.8 Å².